The molecule has 2 nitrogen and oxygen atoms in total. The van der Waals surface area contributed by atoms with Crippen LogP contribution >= 0.6 is 0 Å². The van der Waals surface area contributed by atoms with E-state index >= 15 is 0 Å². The molecule has 0 spiro atoms. The third-order valence-electron chi connectivity index (χ3n) is 4.74. The van der Waals surface area contributed by atoms with Gasteiger partial charge < -0.3 is 10.2 Å². The molecule has 2 aliphatic rings. The lowest BCUT2D eigenvalue weighted by atomic mass is 9.87. The molecule has 2 heteroatoms. The Morgan fingerprint density at radius 1 is 1.28 bits per heavy atom. The van der Waals surface area contributed by atoms with Crippen LogP contribution in [0.4, 0.5) is 5.69 Å². The fourth-order valence-electron chi connectivity index (χ4n) is 3.50. The first-order valence-corrected chi connectivity index (χ1v) is 7.31. The van der Waals surface area contributed by atoms with Gasteiger partial charge in [-0.2, -0.15) is 0 Å². The van der Waals surface area contributed by atoms with E-state index in [1.807, 2.05) is 0 Å². The molecule has 2 heterocycles. The summed E-state index contributed by atoms with van der Waals surface area (Å²) in [6.45, 7) is 8.38. The number of anilines is 1. The van der Waals surface area contributed by atoms with Gasteiger partial charge in [0.15, 0.2) is 0 Å². The normalized spacial score (nSPS) is 31.4. The van der Waals surface area contributed by atoms with Gasteiger partial charge in [-0.3, -0.25) is 0 Å². The number of nitrogens with one attached hydrogen (secondary N) is 1. The van der Waals surface area contributed by atoms with Gasteiger partial charge in [-0.05, 0) is 56.3 Å². The molecule has 0 saturated carbocycles. The summed E-state index contributed by atoms with van der Waals surface area (Å²) in [5, 5.41) is 3.50. The van der Waals surface area contributed by atoms with Gasteiger partial charge in [0.2, 0.25) is 0 Å². The van der Waals surface area contributed by atoms with E-state index in [4.69, 9.17) is 0 Å². The van der Waals surface area contributed by atoms with E-state index in [9.17, 15) is 0 Å². The van der Waals surface area contributed by atoms with Crippen molar-refractivity contribution in [1.29, 1.82) is 0 Å². The van der Waals surface area contributed by atoms with Crippen LogP contribution in [0.15, 0.2) is 24.3 Å². The SMILES string of the molecule is CC1CNCCC1CN1c2ccccc2CC1C. The Morgan fingerprint density at radius 2 is 2.11 bits per heavy atom. The van der Waals surface area contributed by atoms with Gasteiger partial charge in [0, 0.05) is 18.3 Å². The molecular weight excluding hydrogens is 220 g/mol. The van der Waals surface area contributed by atoms with Gasteiger partial charge >= 0.3 is 0 Å². The topological polar surface area (TPSA) is 15.3 Å². The zero-order valence-electron chi connectivity index (χ0n) is 11.5. The van der Waals surface area contributed by atoms with E-state index in [2.05, 4.69) is 48.3 Å². The fourth-order valence-corrected chi connectivity index (χ4v) is 3.50. The number of nitrogens with zero attached hydrogens (tertiary/aromatic N) is 1. The van der Waals surface area contributed by atoms with E-state index in [0.29, 0.717) is 6.04 Å². The lowest BCUT2D eigenvalue weighted by Crippen LogP contribution is -2.43. The molecule has 1 saturated heterocycles. The molecule has 0 aliphatic carbocycles. The number of piperidine rings is 1. The summed E-state index contributed by atoms with van der Waals surface area (Å²) in [6.07, 6.45) is 2.54. The fraction of sp³-hybridized carbons (Fsp3) is 0.625. The predicted molar refractivity (Wildman–Crippen MR) is 77.1 cm³/mol. The Morgan fingerprint density at radius 3 is 2.94 bits per heavy atom. The predicted octanol–water partition coefficient (Wildman–Crippen LogP) is 2.68. The van der Waals surface area contributed by atoms with Gasteiger partial charge in [-0.1, -0.05) is 25.1 Å². The average molecular weight is 244 g/mol. The second-order valence-electron chi connectivity index (χ2n) is 6.06. The molecule has 98 valence electrons. The number of hydrogen-bond acceptors (Lipinski definition) is 2. The van der Waals surface area contributed by atoms with Gasteiger partial charge in [-0.25, -0.2) is 0 Å². The summed E-state index contributed by atoms with van der Waals surface area (Å²) in [5.41, 5.74) is 3.02. The van der Waals surface area contributed by atoms with Crippen LogP contribution in [0.25, 0.3) is 0 Å². The molecule has 0 radical (unpaired) electrons. The van der Waals surface area contributed by atoms with Crippen LogP contribution in [-0.4, -0.2) is 25.7 Å². The molecule has 1 aromatic rings. The highest BCUT2D eigenvalue weighted by atomic mass is 15.2. The Kier molecular flexibility index (Phi) is 3.29. The molecule has 1 aromatic carbocycles. The summed E-state index contributed by atoms with van der Waals surface area (Å²) >= 11 is 0. The molecule has 1 fully saturated rings. The van der Waals surface area contributed by atoms with Crippen LogP contribution in [0, 0.1) is 11.8 Å². The zero-order valence-corrected chi connectivity index (χ0v) is 11.5. The van der Waals surface area contributed by atoms with E-state index in [1.54, 1.807) is 0 Å². The smallest absolute Gasteiger partial charge is 0.0402 e. The molecule has 0 aromatic heterocycles. The van der Waals surface area contributed by atoms with Crippen molar-refractivity contribution in [3.8, 4) is 0 Å². The maximum atomic E-state index is 3.50. The van der Waals surface area contributed by atoms with Crippen molar-refractivity contribution in [2.45, 2.75) is 32.7 Å². The Hall–Kier alpha value is -1.02. The van der Waals surface area contributed by atoms with Crippen LogP contribution in [0.5, 0.6) is 0 Å². The van der Waals surface area contributed by atoms with Crippen molar-refractivity contribution >= 4 is 5.69 Å². The Labute approximate surface area is 110 Å². The minimum Gasteiger partial charge on any atom is -0.368 e. The number of hydrogen-bond donors (Lipinski definition) is 1. The number of fused-ring (bicyclic) bond motifs is 1. The monoisotopic (exact) mass is 244 g/mol. The maximum absolute atomic E-state index is 3.50. The van der Waals surface area contributed by atoms with Crippen molar-refractivity contribution in [1.82, 2.24) is 5.32 Å². The van der Waals surface area contributed by atoms with E-state index < -0.39 is 0 Å². The third-order valence-corrected chi connectivity index (χ3v) is 4.74. The highest BCUT2D eigenvalue weighted by molar-refractivity contribution is 5.59. The van der Waals surface area contributed by atoms with Crippen molar-refractivity contribution < 1.29 is 0 Å². The van der Waals surface area contributed by atoms with Crippen molar-refractivity contribution in [2.75, 3.05) is 24.5 Å². The van der Waals surface area contributed by atoms with Crippen LogP contribution < -0.4 is 10.2 Å². The minimum absolute atomic E-state index is 0.671. The average Bonchev–Trinajstić information content (AvgIpc) is 2.69. The first kappa shape index (κ1) is 12.0. The third kappa shape index (κ3) is 2.14. The second kappa shape index (κ2) is 4.93. The Bertz CT molecular complexity index is 415. The molecule has 3 unspecified atom stereocenters. The minimum atomic E-state index is 0.671. The van der Waals surface area contributed by atoms with Crippen molar-refractivity contribution in [3.05, 3.63) is 29.8 Å². The number of benzene rings is 1. The molecule has 0 amide bonds. The van der Waals surface area contributed by atoms with E-state index in [0.717, 1.165) is 11.8 Å². The van der Waals surface area contributed by atoms with E-state index in [-0.39, 0.29) is 0 Å². The Balaban J connectivity index is 1.76. The van der Waals surface area contributed by atoms with Crippen LogP contribution in [0.1, 0.15) is 25.8 Å². The van der Waals surface area contributed by atoms with Gasteiger partial charge in [0.1, 0.15) is 0 Å². The lowest BCUT2D eigenvalue weighted by Gasteiger charge is -2.35. The summed E-state index contributed by atoms with van der Waals surface area (Å²) in [5.74, 6) is 1.65. The zero-order chi connectivity index (χ0) is 12.5. The second-order valence-corrected chi connectivity index (χ2v) is 6.06. The number of para-hydroxylation sites is 1. The summed E-state index contributed by atoms with van der Waals surface area (Å²) in [7, 11) is 0. The highest BCUT2D eigenvalue weighted by Gasteiger charge is 2.30. The highest BCUT2D eigenvalue weighted by Crippen LogP contribution is 2.34. The van der Waals surface area contributed by atoms with Crippen LogP contribution in [0.3, 0.4) is 0 Å². The molecule has 1 N–H and O–H groups in total. The first-order valence-electron chi connectivity index (χ1n) is 7.31. The summed E-state index contributed by atoms with van der Waals surface area (Å²) in [6, 6.07) is 9.60. The molecule has 2 aliphatic heterocycles. The van der Waals surface area contributed by atoms with Gasteiger partial charge in [-0.15, -0.1) is 0 Å². The molecular formula is C16H24N2. The van der Waals surface area contributed by atoms with Gasteiger partial charge in [0.05, 0.1) is 0 Å². The summed E-state index contributed by atoms with van der Waals surface area (Å²) < 4.78 is 0. The van der Waals surface area contributed by atoms with Gasteiger partial charge in [0.25, 0.3) is 0 Å². The van der Waals surface area contributed by atoms with Crippen LogP contribution in [-0.2, 0) is 6.42 Å². The van der Waals surface area contributed by atoms with E-state index in [1.165, 1.54) is 43.7 Å². The summed E-state index contributed by atoms with van der Waals surface area (Å²) in [4.78, 5) is 2.64. The molecule has 3 rings (SSSR count). The number of rotatable bonds is 2. The quantitative estimate of drug-likeness (QED) is 0.860. The van der Waals surface area contributed by atoms with Crippen LogP contribution in [0.2, 0.25) is 0 Å². The molecule has 18 heavy (non-hydrogen) atoms. The molecule has 3 atom stereocenters. The standard InChI is InChI=1S/C16H24N2/c1-12-10-17-8-7-15(12)11-18-13(2)9-14-5-3-4-6-16(14)18/h3-6,12-13,15,17H,7-11H2,1-2H3. The lowest BCUT2D eigenvalue weighted by molar-refractivity contribution is 0.273. The largest absolute Gasteiger partial charge is 0.368 e. The van der Waals surface area contributed by atoms with Crippen molar-refractivity contribution in [3.63, 3.8) is 0 Å². The first-order chi connectivity index (χ1) is 8.75. The maximum Gasteiger partial charge on any atom is 0.0402 e. The van der Waals surface area contributed by atoms with Crippen molar-refractivity contribution in [2.24, 2.45) is 11.8 Å². The molecule has 0 bridgehead atoms.